The molecule has 0 spiro atoms. The van der Waals surface area contributed by atoms with Gasteiger partial charge in [0.2, 0.25) is 10.0 Å². The van der Waals surface area contributed by atoms with E-state index in [4.69, 9.17) is 24.5 Å². The highest BCUT2D eigenvalue weighted by atomic mass is 32.2. The Labute approximate surface area is 174 Å². The van der Waals surface area contributed by atoms with E-state index in [-0.39, 0.29) is 18.0 Å². The summed E-state index contributed by atoms with van der Waals surface area (Å²) < 4.78 is 32.3. The van der Waals surface area contributed by atoms with Gasteiger partial charge in [-0.15, -0.1) is 0 Å². The van der Waals surface area contributed by atoms with Gasteiger partial charge in [-0.2, -0.15) is 4.72 Å². The largest absolute Gasteiger partial charge is 0.491 e. The summed E-state index contributed by atoms with van der Waals surface area (Å²) in [6, 6.07) is 17.3. The predicted octanol–water partition coefficient (Wildman–Crippen LogP) is 0.496. The molecule has 11 heteroatoms. The van der Waals surface area contributed by atoms with Crippen molar-refractivity contribution in [1.29, 1.82) is 0 Å². The summed E-state index contributed by atoms with van der Waals surface area (Å²) in [5, 5.41) is 27.6. The van der Waals surface area contributed by atoms with E-state index in [1.165, 1.54) is 12.1 Å². The second-order valence-corrected chi connectivity index (χ2v) is 7.67. The molecule has 10 nitrogen and oxygen atoms in total. The highest BCUT2D eigenvalue weighted by Crippen LogP contribution is 2.09. The molecule has 0 aromatic heterocycles. The van der Waals surface area contributed by atoms with Crippen molar-refractivity contribution in [1.82, 2.24) is 10.0 Å². The van der Waals surface area contributed by atoms with Crippen LogP contribution in [0.5, 0.6) is 5.75 Å². The molecule has 5 N–H and O–H groups in total. The van der Waals surface area contributed by atoms with Crippen LogP contribution in [0, 0.1) is 0 Å². The van der Waals surface area contributed by atoms with Gasteiger partial charge in [0.05, 0.1) is 11.1 Å². The van der Waals surface area contributed by atoms with Crippen LogP contribution in [0.3, 0.4) is 0 Å². The van der Waals surface area contributed by atoms with Crippen LogP contribution < -0.4 is 14.8 Å². The third-order valence-electron chi connectivity index (χ3n) is 3.41. The Balaban J connectivity index is 0.000000656. The number of aliphatic hydroxyl groups is 1. The molecule has 0 amide bonds. The molecule has 30 heavy (non-hydrogen) atoms. The maximum absolute atomic E-state index is 12.2. The molecule has 0 aliphatic carbocycles. The van der Waals surface area contributed by atoms with Crippen LogP contribution in [-0.4, -0.2) is 61.1 Å². The first-order valence-corrected chi connectivity index (χ1v) is 10.2. The molecular weight excluding hydrogens is 416 g/mol. The third kappa shape index (κ3) is 9.98. The number of rotatable bonds is 9. The van der Waals surface area contributed by atoms with Crippen molar-refractivity contribution in [2.24, 2.45) is 0 Å². The van der Waals surface area contributed by atoms with Crippen LogP contribution >= 0.6 is 0 Å². The average molecular weight is 440 g/mol. The van der Waals surface area contributed by atoms with E-state index in [1.54, 1.807) is 37.3 Å². The molecule has 0 saturated heterocycles. The second kappa shape index (κ2) is 12.5. The number of aliphatic hydroxyl groups excluding tert-OH is 1. The van der Waals surface area contributed by atoms with E-state index in [2.05, 4.69) is 10.0 Å². The van der Waals surface area contributed by atoms with Gasteiger partial charge in [0.1, 0.15) is 18.5 Å². The van der Waals surface area contributed by atoms with Crippen molar-refractivity contribution in [2.45, 2.75) is 24.1 Å². The van der Waals surface area contributed by atoms with Crippen LogP contribution in [-0.2, 0) is 19.6 Å². The van der Waals surface area contributed by atoms with Crippen LogP contribution in [0.15, 0.2) is 65.6 Å². The lowest BCUT2D eigenvalue weighted by Gasteiger charge is -2.19. The molecule has 0 radical (unpaired) electrons. The molecule has 0 aliphatic rings. The Kier molecular flexibility index (Phi) is 10.5. The standard InChI is InChI=1S/C17H22N2O4S.C2H2O4/c1-14(19-24(21,22)17-10-6-3-7-11-17)18-12-15(20)13-23-16-8-4-2-5-9-16;3-1(4)2(5)6/h2-11,14-15,18-20H,12-13H2,1H3;(H,3,4)(H,5,6). The molecule has 2 aromatic carbocycles. The maximum atomic E-state index is 12.2. The topological polar surface area (TPSA) is 162 Å². The van der Waals surface area contributed by atoms with Crippen molar-refractivity contribution < 1.29 is 38.1 Å². The van der Waals surface area contributed by atoms with E-state index < -0.39 is 34.2 Å². The quantitative estimate of drug-likeness (QED) is 0.276. The lowest BCUT2D eigenvalue weighted by Crippen LogP contribution is -2.46. The number of ether oxygens (including phenoxy) is 1. The van der Waals surface area contributed by atoms with Gasteiger partial charge in [-0.05, 0) is 31.2 Å². The van der Waals surface area contributed by atoms with Crippen LogP contribution in [0.25, 0.3) is 0 Å². The van der Waals surface area contributed by atoms with E-state index in [0.717, 1.165) is 0 Å². The molecule has 0 aliphatic heterocycles. The summed E-state index contributed by atoms with van der Waals surface area (Å²) >= 11 is 0. The van der Waals surface area contributed by atoms with Gasteiger partial charge < -0.3 is 20.1 Å². The summed E-state index contributed by atoms with van der Waals surface area (Å²) in [5.41, 5.74) is 0. The van der Waals surface area contributed by atoms with Crippen LogP contribution in [0.4, 0.5) is 0 Å². The lowest BCUT2D eigenvalue weighted by atomic mass is 10.3. The van der Waals surface area contributed by atoms with E-state index in [9.17, 15) is 13.5 Å². The molecule has 2 atom stereocenters. The Bertz CT molecular complexity index is 879. The van der Waals surface area contributed by atoms with Gasteiger partial charge in [-0.1, -0.05) is 36.4 Å². The smallest absolute Gasteiger partial charge is 0.414 e. The van der Waals surface area contributed by atoms with Gasteiger partial charge in [-0.25, -0.2) is 18.0 Å². The third-order valence-corrected chi connectivity index (χ3v) is 4.97. The first-order valence-electron chi connectivity index (χ1n) is 8.74. The Hall–Kier alpha value is -2.99. The van der Waals surface area contributed by atoms with Gasteiger partial charge in [0.15, 0.2) is 0 Å². The van der Waals surface area contributed by atoms with Gasteiger partial charge in [0.25, 0.3) is 0 Å². The van der Waals surface area contributed by atoms with E-state index >= 15 is 0 Å². The number of benzene rings is 2. The second-order valence-electron chi connectivity index (χ2n) is 5.95. The number of hydrogen-bond donors (Lipinski definition) is 5. The fraction of sp³-hybridized carbons (Fsp3) is 0.263. The maximum Gasteiger partial charge on any atom is 0.414 e. The zero-order chi connectivity index (χ0) is 22.6. The number of aliphatic carboxylic acids is 2. The molecule has 0 bridgehead atoms. The molecule has 2 unspecified atom stereocenters. The Morgan fingerprint density at radius 3 is 1.97 bits per heavy atom. The zero-order valence-electron chi connectivity index (χ0n) is 16.1. The summed E-state index contributed by atoms with van der Waals surface area (Å²) in [4.78, 5) is 18.4. The Morgan fingerprint density at radius 2 is 1.47 bits per heavy atom. The first kappa shape index (κ1) is 25.0. The van der Waals surface area contributed by atoms with Crippen molar-refractivity contribution in [3.63, 3.8) is 0 Å². The number of sulfonamides is 1. The van der Waals surface area contributed by atoms with Crippen LogP contribution in [0.1, 0.15) is 6.92 Å². The van der Waals surface area contributed by atoms with Crippen molar-refractivity contribution in [3.8, 4) is 5.75 Å². The fourth-order valence-electron chi connectivity index (χ4n) is 2.02. The Morgan fingerprint density at radius 1 is 0.967 bits per heavy atom. The highest BCUT2D eigenvalue weighted by molar-refractivity contribution is 7.89. The minimum Gasteiger partial charge on any atom is -0.491 e. The lowest BCUT2D eigenvalue weighted by molar-refractivity contribution is -0.159. The number of hydrogen-bond acceptors (Lipinski definition) is 7. The summed E-state index contributed by atoms with van der Waals surface area (Å²) in [6.07, 6.45) is -1.28. The number of carboxylic acids is 2. The van der Waals surface area contributed by atoms with Gasteiger partial charge in [-0.3, -0.25) is 5.32 Å². The van der Waals surface area contributed by atoms with Crippen molar-refractivity contribution >= 4 is 22.0 Å². The van der Waals surface area contributed by atoms with E-state index in [0.29, 0.717) is 5.75 Å². The van der Waals surface area contributed by atoms with Gasteiger partial charge >= 0.3 is 11.9 Å². The summed E-state index contributed by atoms with van der Waals surface area (Å²) in [6.45, 7) is 1.99. The predicted molar refractivity (Wildman–Crippen MR) is 107 cm³/mol. The number of nitrogens with one attached hydrogen (secondary N) is 2. The minimum atomic E-state index is -3.59. The molecule has 2 rings (SSSR count). The SMILES string of the molecule is CC(NCC(O)COc1ccccc1)NS(=O)(=O)c1ccccc1.O=C(O)C(=O)O. The molecule has 0 fully saturated rings. The van der Waals surface area contributed by atoms with Gasteiger partial charge in [0, 0.05) is 6.54 Å². The van der Waals surface area contributed by atoms with Crippen LogP contribution in [0.2, 0.25) is 0 Å². The first-order chi connectivity index (χ1) is 14.1. The molecule has 0 heterocycles. The summed E-state index contributed by atoms with van der Waals surface area (Å²) in [5.74, 6) is -2.97. The number of carboxylic acid groups (broad SMARTS) is 2. The normalized spacial score (nSPS) is 12.7. The fourth-order valence-corrected chi connectivity index (χ4v) is 3.22. The molecule has 2 aromatic rings. The molecular formula is C19H24N2O8S. The summed E-state index contributed by atoms with van der Waals surface area (Å²) in [7, 11) is -3.59. The zero-order valence-corrected chi connectivity index (χ0v) is 17.0. The average Bonchev–Trinajstić information content (AvgIpc) is 2.72. The number of carbonyl (C=O) groups is 2. The molecule has 164 valence electrons. The van der Waals surface area contributed by atoms with Crippen molar-refractivity contribution in [2.75, 3.05) is 13.2 Å². The van der Waals surface area contributed by atoms with E-state index in [1.807, 2.05) is 18.2 Å². The van der Waals surface area contributed by atoms with Crippen molar-refractivity contribution in [3.05, 3.63) is 60.7 Å². The monoisotopic (exact) mass is 440 g/mol. The number of para-hydroxylation sites is 1. The minimum absolute atomic E-state index is 0.120. The highest BCUT2D eigenvalue weighted by Gasteiger charge is 2.17. The molecule has 0 saturated carbocycles.